The zero-order valence-corrected chi connectivity index (χ0v) is 15.4. The van der Waals surface area contributed by atoms with Gasteiger partial charge in [-0.15, -0.1) is 10.2 Å². The van der Waals surface area contributed by atoms with Crippen molar-refractivity contribution in [2.75, 3.05) is 12.4 Å². The molecule has 0 bridgehead atoms. The minimum absolute atomic E-state index is 0.319. The number of methoxy groups -OCH3 is 1. The molecule has 0 saturated carbocycles. The average molecular weight is 375 g/mol. The van der Waals surface area contributed by atoms with Crippen LogP contribution in [0.4, 0.5) is 5.13 Å². The first kappa shape index (κ1) is 17.3. The summed E-state index contributed by atoms with van der Waals surface area (Å²) in [5.74, 6) is 0.302. The Hall–Kier alpha value is -2.51. The van der Waals surface area contributed by atoms with Gasteiger partial charge in [-0.25, -0.2) is 0 Å². The van der Waals surface area contributed by atoms with Gasteiger partial charge in [0, 0.05) is 28.0 Å². The van der Waals surface area contributed by atoms with Crippen LogP contribution in [-0.4, -0.2) is 28.2 Å². The molecule has 1 amide bonds. The molecule has 0 aliphatic rings. The number of nitrogens with zero attached hydrogens (tertiary/aromatic N) is 3. The summed E-state index contributed by atoms with van der Waals surface area (Å²) in [5.41, 5.74) is 2.59. The van der Waals surface area contributed by atoms with Gasteiger partial charge >= 0.3 is 0 Å². The zero-order chi connectivity index (χ0) is 18.0. The minimum Gasteiger partial charge on any atom is -0.496 e. The van der Waals surface area contributed by atoms with Crippen molar-refractivity contribution in [3.63, 3.8) is 0 Å². The second-order valence-corrected chi connectivity index (χ2v) is 6.91. The standard InChI is InChI=1S/C17H15ClN4O2S/c1-9-6-12(13-7-11(18)4-5-15(13)24-3)14(8-19-9)16(23)20-17-22-21-10(2)25-17/h4-8H,1-3H3,(H,20,22,23). The lowest BCUT2D eigenvalue weighted by molar-refractivity contribution is 0.102. The SMILES string of the molecule is COc1ccc(Cl)cc1-c1cc(C)ncc1C(=O)Nc1nnc(C)s1. The van der Waals surface area contributed by atoms with Crippen LogP contribution in [0.1, 0.15) is 21.1 Å². The molecular weight excluding hydrogens is 360 g/mol. The third kappa shape index (κ3) is 3.78. The number of nitrogens with one attached hydrogen (secondary N) is 1. The predicted octanol–water partition coefficient (Wildman–Crippen LogP) is 4.13. The summed E-state index contributed by atoms with van der Waals surface area (Å²) in [6.45, 7) is 3.68. The van der Waals surface area contributed by atoms with E-state index < -0.39 is 0 Å². The predicted molar refractivity (Wildman–Crippen MR) is 98.6 cm³/mol. The van der Waals surface area contributed by atoms with Gasteiger partial charge in [-0.05, 0) is 38.1 Å². The maximum Gasteiger partial charge on any atom is 0.259 e. The highest BCUT2D eigenvalue weighted by Gasteiger charge is 2.18. The van der Waals surface area contributed by atoms with Crippen LogP contribution in [0.5, 0.6) is 5.75 Å². The summed E-state index contributed by atoms with van der Waals surface area (Å²) >= 11 is 7.44. The van der Waals surface area contributed by atoms with Crippen molar-refractivity contribution >= 4 is 34.0 Å². The fraction of sp³-hybridized carbons (Fsp3) is 0.176. The van der Waals surface area contributed by atoms with Gasteiger partial charge in [0.05, 0.1) is 12.7 Å². The van der Waals surface area contributed by atoms with Crippen LogP contribution in [0.2, 0.25) is 5.02 Å². The van der Waals surface area contributed by atoms with E-state index in [0.29, 0.717) is 27.0 Å². The molecule has 1 N–H and O–H groups in total. The van der Waals surface area contributed by atoms with Crippen molar-refractivity contribution in [1.82, 2.24) is 15.2 Å². The topological polar surface area (TPSA) is 77.0 Å². The van der Waals surface area contributed by atoms with E-state index in [1.54, 1.807) is 25.3 Å². The molecule has 0 atom stereocenters. The lowest BCUT2D eigenvalue weighted by Gasteiger charge is -2.13. The number of aryl methyl sites for hydroxylation is 2. The highest BCUT2D eigenvalue weighted by Crippen LogP contribution is 2.35. The number of ether oxygens (including phenoxy) is 1. The number of anilines is 1. The zero-order valence-electron chi connectivity index (χ0n) is 13.8. The molecule has 0 aliphatic carbocycles. The van der Waals surface area contributed by atoms with E-state index in [1.807, 2.05) is 19.9 Å². The molecule has 0 fully saturated rings. The summed E-state index contributed by atoms with van der Waals surface area (Å²) in [5, 5.41) is 12.3. The van der Waals surface area contributed by atoms with Gasteiger partial charge in [0.1, 0.15) is 10.8 Å². The van der Waals surface area contributed by atoms with Gasteiger partial charge in [0.15, 0.2) is 0 Å². The van der Waals surface area contributed by atoms with Crippen LogP contribution in [0.25, 0.3) is 11.1 Å². The molecule has 2 heterocycles. The normalized spacial score (nSPS) is 10.6. The third-order valence-corrected chi connectivity index (χ3v) is 4.47. The summed E-state index contributed by atoms with van der Waals surface area (Å²) in [4.78, 5) is 17.0. The third-order valence-electron chi connectivity index (χ3n) is 3.48. The van der Waals surface area contributed by atoms with Gasteiger partial charge in [-0.3, -0.25) is 15.1 Å². The lowest BCUT2D eigenvalue weighted by atomic mass is 9.99. The fourth-order valence-corrected chi connectivity index (χ4v) is 3.12. The highest BCUT2D eigenvalue weighted by molar-refractivity contribution is 7.15. The Balaban J connectivity index is 2.07. The maximum absolute atomic E-state index is 12.7. The molecule has 1 aromatic carbocycles. The van der Waals surface area contributed by atoms with Crippen molar-refractivity contribution in [1.29, 1.82) is 0 Å². The Kier molecular flexibility index (Phi) is 4.96. The summed E-state index contributed by atoms with van der Waals surface area (Å²) in [7, 11) is 1.57. The van der Waals surface area contributed by atoms with Gasteiger partial charge in [-0.2, -0.15) is 0 Å². The molecule has 0 spiro atoms. The van der Waals surface area contributed by atoms with E-state index in [9.17, 15) is 4.79 Å². The van der Waals surface area contributed by atoms with Crippen molar-refractivity contribution in [2.45, 2.75) is 13.8 Å². The Morgan fingerprint density at radius 2 is 2.00 bits per heavy atom. The van der Waals surface area contributed by atoms with E-state index in [2.05, 4.69) is 20.5 Å². The van der Waals surface area contributed by atoms with Gasteiger partial charge in [0.25, 0.3) is 5.91 Å². The number of benzene rings is 1. The first-order chi connectivity index (χ1) is 12.0. The number of hydrogen-bond donors (Lipinski definition) is 1. The first-order valence-corrected chi connectivity index (χ1v) is 8.59. The van der Waals surface area contributed by atoms with Gasteiger partial charge in [0.2, 0.25) is 5.13 Å². The van der Waals surface area contributed by atoms with Crippen LogP contribution >= 0.6 is 22.9 Å². The van der Waals surface area contributed by atoms with E-state index >= 15 is 0 Å². The number of carbonyl (C=O) groups is 1. The molecule has 2 aromatic heterocycles. The number of pyridine rings is 1. The molecule has 128 valence electrons. The van der Waals surface area contributed by atoms with Crippen LogP contribution in [0.3, 0.4) is 0 Å². The Morgan fingerprint density at radius 3 is 2.68 bits per heavy atom. The van der Waals surface area contributed by atoms with Crippen molar-refractivity contribution in [2.24, 2.45) is 0 Å². The maximum atomic E-state index is 12.7. The first-order valence-electron chi connectivity index (χ1n) is 7.40. The second kappa shape index (κ2) is 7.16. The van der Waals surface area contributed by atoms with E-state index in [-0.39, 0.29) is 5.91 Å². The largest absolute Gasteiger partial charge is 0.496 e. The molecule has 3 aromatic rings. The Morgan fingerprint density at radius 1 is 1.20 bits per heavy atom. The van der Waals surface area contributed by atoms with Crippen LogP contribution in [0.15, 0.2) is 30.5 Å². The molecule has 0 saturated heterocycles. The monoisotopic (exact) mass is 374 g/mol. The molecule has 0 aliphatic heterocycles. The Bertz CT molecular complexity index is 942. The molecule has 0 unspecified atom stereocenters. The smallest absolute Gasteiger partial charge is 0.259 e. The summed E-state index contributed by atoms with van der Waals surface area (Å²) < 4.78 is 5.42. The molecule has 0 radical (unpaired) electrons. The number of rotatable bonds is 4. The van der Waals surface area contributed by atoms with E-state index in [1.165, 1.54) is 17.5 Å². The van der Waals surface area contributed by atoms with Gasteiger partial charge in [-0.1, -0.05) is 22.9 Å². The fourth-order valence-electron chi connectivity index (χ4n) is 2.37. The summed E-state index contributed by atoms with van der Waals surface area (Å²) in [6.07, 6.45) is 1.54. The lowest BCUT2D eigenvalue weighted by Crippen LogP contribution is -2.14. The molecule has 25 heavy (non-hydrogen) atoms. The quantitative estimate of drug-likeness (QED) is 0.742. The van der Waals surface area contributed by atoms with Crippen LogP contribution in [-0.2, 0) is 0 Å². The highest BCUT2D eigenvalue weighted by atomic mass is 35.5. The molecule has 3 rings (SSSR count). The number of halogens is 1. The summed E-state index contributed by atoms with van der Waals surface area (Å²) in [6, 6.07) is 7.10. The van der Waals surface area contributed by atoms with E-state index in [4.69, 9.17) is 16.3 Å². The molecular formula is C17H15ClN4O2S. The van der Waals surface area contributed by atoms with E-state index in [0.717, 1.165) is 16.3 Å². The number of hydrogen-bond acceptors (Lipinski definition) is 6. The number of amides is 1. The Labute approximate surface area is 153 Å². The second-order valence-electron chi connectivity index (χ2n) is 5.30. The number of aromatic nitrogens is 3. The van der Waals surface area contributed by atoms with Crippen molar-refractivity contribution in [3.05, 3.63) is 51.7 Å². The minimum atomic E-state index is -0.319. The number of carbonyl (C=O) groups excluding carboxylic acids is 1. The van der Waals surface area contributed by atoms with Crippen LogP contribution in [0, 0.1) is 13.8 Å². The van der Waals surface area contributed by atoms with Gasteiger partial charge < -0.3 is 4.74 Å². The van der Waals surface area contributed by atoms with Crippen molar-refractivity contribution in [3.8, 4) is 16.9 Å². The molecule has 6 nitrogen and oxygen atoms in total. The van der Waals surface area contributed by atoms with Crippen molar-refractivity contribution < 1.29 is 9.53 Å². The molecule has 8 heteroatoms. The average Bonchev–Trinajstić information content (AvgIpc) is 2.99. The van der Waals surface area contributed by atoms with Crippen LogP contribution < -0.4 is 10.1 Å².